The third-order valence-electron chi connectivity index (χ3n) is 5.99. The Morgan fingerprint density at radius 2 is 1.59 bits per heavy atom. The second kappa shape index (κ2) is 9.05. The Balaban J connectivity index is 1.70. The number of pyridine rings is 1. The minimum absolute atomic E-state index is 0.370. The van der Waals surface area contributed by atoms with E-state index in [4.69, 9.17) is 34.8 Å². The highest BCUT2D eigenvalue weighted by molar-refractivity contribution is 6.39. The van der Waals surface area contributed by atoms with Gasteiger partial charge in [0.05, 0.1) is 16.7 Å². The van der Waals surface area contributed by atoms with E-state index < -0.39 is 5.60 Å². The summed E-state index contributed by atoms with van der Waals surface area (Å²) in [5.74, 6) is 0. The van der Waals surface area contributed by atoms with E-state index in [0.717, 1.165) is 11.1 Å². The molecule has 5 aromatic rings. The van der Waals surface area contributed by atoms with Crippen molar-refractivity contribution in [1.82, 2.24) is 14.8 Å². The van der Waals surface area contributed by atoms with Crippen LogP contribution in [0.4, 0.5) is 0 Å². The van der Waals surface area contributed by atoms with Crippen molar-refractivity contribution < 1.29 is 5.11 Å². The lowest BCUT2D eigenvalue weighted by molar-refractivity contribution is 0.126. The van der Waals surface area contributed by atoms with Gasteiger partial charge in [0.15, 0.2) is 0 Å². The molecule has 2 aromatic heterocycles. The second-order valence-corrected chi connectivity index (χ2v) is 9.38. The van der Waals surface area contributed by atoms with Crippen molar-refractivity contribution >= 4 is 45.7 Å². The van der Waals surface area contributed by atoms with Gasteiger partial charge in [-0.15, -0.1) is 0 Å². The SMILES string of the molecule is Cn1cc(C(O)(c2ccc(Cl)cc2)c2ccc3nc(Cl)c(Cc4ccccc4)c(Cl)c3c2)cn1. The maximum Gasteiger partial charge on any atom is 0.143 e. The van der Waals surface area contributed by atoms with Crippen molar-refractivity contribution in [2.75, 3.05) is 0 Å². The van der Waals surface area contributed by atoms with Gasteiger partial charge in [-0.1, -0.05) is 83.3 Å². The number of nitrogens with zero attached hydrogens (tertiary/aromatic N) is 3. The molecule has 1 atom stereocenters. The van der Waals surface area contributed by atoms with Crippen molar-refractivity contribution in [3.05, 3.63) is 128 Å². The summed E-state index contributed by atoms with van der Waals surface area (Å²) >= 11 is 19.5. The molecule has 1 unspecified atom stereocenters. The molecule has 5 rings (SSSR count). The number of hydrogen-bond donors (Lipinski definition) is 1. The number of aliphatic hydroxyl groups is 1. The summed E-state index contributed by atoms with van der Waals surface area (Å²) in [7, 11) is 1.81. The largest absolute Gasteiger partial charge is 0.376 e. The lowest BCUT2D eigenvalue weighted by Crippen LogP contribution is -2.28. The Morgan fingerprint density at radius 1 is 0.882 bits per heavy atom. The molecular formula is C27H20Cl3N3O. The van der Waals surface area contributed by atoms with Crippen molar-refractivity contribution in [2.45, 2.75) is 12.0 Å². The summed E-state index contributed by atoms with van der Waals surface area (Å²) < 4.78 is 1.66. The van der Waals surface area contributed by atoms with Gasteiger partial charge in [-0.05, 0) is 41.0 Å². The fourth-order valence-electron chi connectivity index (χ4n) is 4.21. The van der Waals surface area contributed by atoms with Crippen LogP contribution >= 0.6 is 34.8 Å². The van der Waals surface area contributed by atoms with Crippen LogP contribution in [0, 0.1) is 0 Å². The van der Waals surface area contributed by atoms with E-state index in [0.29, 0.717) is 49.2 Å². The predicted molar refractivity (Wildman–Crippen MR) is 138 cm³/mol. The third-order valence-corrected chi connectivity index (χ3v) is 6.99. The Morgan fingerprint density at radius 3 is 2.26 bits per heavy atom. The number of aromatic nitrogens is 3. The van der Waals surface area contributed by atoms with Crippen LogP contribution in [-0.2, 0) is 19.1 Å². The molecule has 0 aliphatic heterocycles. The highest BCUT2D eigenvalue weighted by atomic mass is 35.5. The van der Waals surface area contributed by atoms with Gasteiger partial charge in [0, 0.05) is 41.2 Å². The molecule has 34 heavy (non-hydrogen) atoms. The lowest BCUT2D eigenvalue weighted by atomic mass is 9.81. The minimum Gasteiger partial charge on any atom is -0.376 e. The lowest BCUT2D eigenvalue weighted by Gasteiger charge is -2.29. The Kier molecular flexibility index (Phi) is 6.09. The minimum atomic E-state index is -1.48. The van der Waals surface area contributed by atoms with Crippen LogP contribution in [0.1, 0.15) is 27.8 Å². The zero-order valence-electron chi connectivity index (χ0n) is 18.2. The molecule has 170 valence electrons. The molecule has 0 amide bonds. The molecular weight excluding hydrogens is 489 g/mol. The van der Waals surface area contributed by atoms with E-state index in [-0.39, 0.29) is 0 Å². The van der Waals surface area contributed by atoms with Crippen LogP contribution in [0.5, 0.6) is 0 Å². The molecule has 0 aliphatic carbocycles. The first kappa shape index (κ1) is 22.9. The monoisotopic (exact) mass is 507 g/mol. The maximum atomic E-state index is 12.2. The number of benzene rings is 3. The molecule has 0 aliphatic rings. The average Bonchev–Trinajstić information content (AvgIpc) is 3.29. The van der Waals surface area contributed by atoms with E-state index in [1.807, 2.05) is 67.7 Å². The molecule has 0 radical (unpaired) electrons. The predicted octanol–water partition coefficient (Wildman–Crippen LogP) is 6.80. The second-order valence-electron chi connectivity index (χ2n) is 8.21. The van der Waals surface area contributed by atoms with E-state index in [1.165, 1.54) is 0 Å². The first-order chi connectivity index (χ1) is 16.4. The number of rotatable bonds is 5. The summed E-state index contributed by atoms with van der Waals surface area (Å²) in [6.07, 6.45) is 4.00. The summed E-state index contributed by atoms with van der Waals surface area (Å²) in [6.45, 7) is 0. The van der Waals surface area contributed by atoms with E-state index in [9.17, 15) is 5.11 Å². The quantitative estimate of drug-likeness (QED) is 0.266. The Hall–Kier alpha value is -2.89. The van der Waals surface area contributed by atoms with Crippen LogP contribution in [0.2, 0.25) is 15.2 Å². The van der Waals surface area contributed by atoms with E-state index in [1.54, 1.807) is 29.2 Å². The molecule has 1 N–H and O–H groups in total. The summed E-state index contributed by atoms with van der Waals surface area (Å²) in [5, 5.41) is 18.6. The smallest absolute Gasteiger partial charge is 0.143 e. The van der Waals surface area contributed by atoms with Crippen molar-refractivity contribution in [3.8, 4) is 0 Å². The van der Waals surface area contributed by atoms with Gasteiger partial charge in [0.25, 0.3) is 0 Å². The van der Waals surface area contributed by atoms with E-state index in [2.05, 4.69) is 10.1 Å². The van der Waals surface area contributed by atoms with Crippen molar-refractivity contribution in [1.29, 1.82) is 0 Å². The van der Waals surface area contributed by atoms with Gasteiger partial charge in [0.2, 0.25) is 0 Å². The fourth-order valence-corrected chi connectivity index (χ4v) is 4.94. The molecule has 0 spiro atoms. The summed E-state index contributed by atoms with van der Waals surface area (Å²) in [4.78, 5) is 4.58. The molecule has 0 saturated carbocycles. The number of aryl methyl sites for hydroxylation is 1. The number of hydrogen-bond acceptors (Lipinski definition) is 3. The summed E-state index contributed by atoms with van der Waals surface area (Å²) in [6, 6.07) is 22.6. The zero-order chi connectivity index (χ0) is 23.9. The molecule has 4 nitrogen and oxygen atoms in total. The van der Waals surface area contributed by atoms with Gasteiger partial charge in [-0.2, -0.15) is 5.10 Å². The Labute approximate surface area is 212 Å². The first-order valence-corrected chi connectivity index (χ1v) is 11.8. The normalized spacial score (nSPS) is 13.2. The topological polar surface area (TPSA) is 50.9 Å². The highest BCUT2D eigenvalue weighted by Gasteiger charge is 2.35. The average molecular weight is 509 g/mol. The maximum absolute atomic E-state index is 12.2. The van der Waals surface area contributed by atoms with Crippen molar-refractivity contribution in [2.24, 2.45) is 7.05 Å². The van der Waals surface area contributed by atoms with Crippen LogP contribution in [0.3, 0.4) is 0 Å². The summed E-state index contributed by atoms with van der Waals surface area (Å²) in [5.41, 5.74) is 2.92. The van der Waals surface area contributed by atoms with Gasteiger partial charge in [-0.25, -0.2) is 4.98 Å². The molecule has 2 heterocycles. The van der Waals surface area contributed by atoms with Gasteiger partial charge < -0.3 is 5.11 Å². The third kappa shape index (κ3) is 4.08. The van der Waals surface area contributed by atoms with Crippen LogP contribution in [-0.4, -0.2) is 19.9 Å². The van der Waals surface area contributed by atoms with Crippen LogP contribution in [0.15, 0.2) is 85.2 Å². The molecule has 0 fully saturated rings. The number of halogens is 3. The van der Waals surface area contributed by atoms with Gasteiger partial charge in [-0.3, -0.25) is 4.68 Å². The van der Waals surface area contributed by atoms with Crippen LogP contribution in [0.25, 0.3) is 10.9 Å². The van der Waals surface area contributed by atoms with Crippen LogP contribution < -0.4 is 0 Å². The highest BCUT2D eigenvalue weighted by Crippen LogP contribution is 2.40. The molecule has 0 bridgehead atoms. The fraction of sp³-hybridized carbons (Fsp3) is 0.111. The van der Waals surface area contributed by atoms with Crippen molar-refractivity contribution in [3.63, 3.8) is 0 Å². The molecule has 0 saturated heterocycles. The van der Waals surface area contributed by atoms with Gasteiger partial charge in [0.1, 0.15) is 10.8 Å². The molecule has 3 aromatic carbocycles. The van der Waals surface area contributed by atoms with E-state index >= 15 is 0 Å². The Bertz CT molecular complexity index is 1480. The number of fused-ring (bicyclic) bond motifs is 1. The van der Waals surface area contributed by atoms with Gasteiger partial charge >= 0.3 is 0 Å². The standard InChI is InChI=1S/C27H20Cl3N3O/c1-33-16-20(15-31-33)27(34,18-7-10-21(28)11-8-18)19-9-12-24-22(14-19)25(29)23(26(30)32-24)13-17-5-3-2-4-6-17/h2-12,14-16,34H,13H2,1H3. The first-order valence-electron chi connectivity index (χ1n) is 10.7. The zero-order valence-corrected chi connectivity index (χ0v) is 20.5. The molecule has 7 heteroatoms.